The minimum absolute atomic E-state index is 0.0331. The van der Waals surface area contributed by atoms with Crippen LogP contribution < -0.4 is 15.4 Å². The third-order valence-corrected chi connectivity index (χ3v) is 5.19. The maximum absolute atomic E-state index is 8.83. The maximum Gasteiger partial charge on any atom is 0.237 e. The molecule has 166 valence electrons. The standard InChI is InChI=1S/C20H20N6O.C6H6/c21-8-15-3-1-14(2-4-15)5-6-22-12-18-13-23-19-7-16(9-24-20(19)27-18)17-10-25-26-11-17;1-2-4-6-5-3-1/h1-4,7,9-11,18,22-23H,5-6,12-13H2,(H,25,26);1-6H. The molecule has 1 aliphatic heterocycles. The Morgan fingerprint density at radius 2 is 1.79 bits per heavy atom. The molecule has 3 N–H and O–H groups in total. The zero-order valence-electron chi connectivity index (χ0n) is 18.2. The Kier molecular flexibility index (Phi) is 7.66. The number of fused-ring (bicyclic) bond motifs is 1. The van der Waals surface area contributed by atoms with E-state index in [-0.39, 0.29) is 6.10 Å². The second-order valence-corrected chi connectivity index (χ2v) is 7.60. The molecule has 5 rings (SSSR count). The topological polar surface area (TPSA) is 98.7 Å². The number of benzene rings is 2. The molecular weight excluding hydrogens is 412 g/mol. The summed E-state index contributed by atoms with van der Waals surface area (Å²) in [7, 11) is 0. The van der Waals surface area contributed by atoms with Crippen molar-refractivity contribution in [2.24, 2.45) is 0 Å². The molecule has 0 saturated heterocycles. The third kappa shape index (κ3) is 6.42. The lowest BCUT2D eigenvalue weighted by Crippen LogP contribution is -2.40. The van der Waals surface area contributed by atoms with E-state index < -0.39 is 0 Å². The summed E-state index contributed by atoms with van der Waals surface area (Å²) in [5.41, 5.74) is 4.80. The SMILES string of the molecule is N#Cc1ccc(CCNCC2CNc3cc(-c4cn[nH]c4)cnc3O2)cc1.c1ccccc1. The first-order chi connectivity index (χ1) is 16.3. The Balaban J connectivity index is 0.000000376. The number of ether oxygens (including phenoxy) is 1. The quantitative estimate of drug-likeness (QED) is 0.393. The van der Waals surface area contributed by atoms with Gasteiger partial charge in [-0.2, -0.15) is 10.4 Å². The molecule has 33 heavy (non-hydrogen) atoms. The Morgan fingerprint density at radius 1 is 1.03 bits per heavy atom. The molecule has 0 saturated carbocycles. The molecule has 3 heterocycles. The van der Waals surface area contributed by atoms with Crippen molar-refractivity contribution in [3.8, 4) is 23.1 Å². The number of anilines is 1. The van der Waals surface area contributed by atoms with Crippen LogP contribution in [0.4, 0.5) is 5.69 Å². The van der Waals surface area contributed by atoms with Gasteiger partial charge >= 0.3 is 0 Å². The molecule has 1 unspecified atom stereocenters. The van der Waals surface area contributed by atoms with Crippen LogP contribution in [-0.4, -0.2) is 40.9 Å². The minimum Gasteiger partial charge on any atom is -0.470 e. The van der Waals surface area contributed by atoms with Crippen LogP contribution in [0.25, 0.3) is 11.1 Å². The lowest BCUT2D eigenvalue weighted by molar-refractivity contribution is 0.194. The predicted molar refractivity (Wildman–Crippen MR) is 129 cm³/mol. The maximum atomic E-state index is 8.83. The first-order valence-corrected chi connectivity index (χ1v) is 10.9. The molecule has 0 aliphatic carbocycles. The van der Waals surface area contributed by atoms with Gasteiger partial charge in [0, 0.05) is 30.1 Å². The van der Waals surface area contributed by atoms with Crippen molar-refractivity contribution in [2.45, 2.75) is 12.5 Å². The van der Waals surface area contributed by atoms with Crippen LogP contribution >= 0.6 is 0 Å². The number of aromatic amines is 1. The van der Waals surface area contributed by atoms with Crippen molar-refractivity contribution >= 4 is 5.69 Å². The second-order valence-electron chi connectivity index (χ2n) is 7.60. The summed E-state index contributed by atoms with van der Waals surface area (Å²) in [5.74, 6) is 0.632. The third-order valence-electron chi connectivity index (χ3n) is 5.19. The van der Waals surface area contributed by atoms with E-state index in [0.29, 0.717) is 11.4 Å². The van der Waals surface area contributed by atoms with Gasteiger partial charge in [-0.25, -0.2) is 4.98 Å². The number of hydrogen-bond acceptors (Lipinski definition) is 6. The van der Waals surface area contributed by atoms with E-state index in [1.54, 1.807) is 12.4 Å². The zero-order valence-corrected chi connectivity index (χ0v) is 18.2. The van der Waals surface area contributed by atoms with Crippen LogP contribution in [-0.2, 0) is 6.42 Å². The van der Waals surface area contributed by atoms with E-state index in [9.17, 15) is 0 Å². The summed E-state index contributed by atoms with van der Waals surface area (Å²) in [4.78, 5) is 4.44. The highest BCUT2D eigenvalue weighted by molar-refractivity contribution is 5.69. The summed E-state index contributed by atoms with van der Waals surface area (Å²) >= 11 is 0. The predicted octanol–water partition coefficient (Wildman–Crippen LogP) is 4.04. The number of H-pyrrole nitrogens is 1. The van der Waals surface area contributed by atoms with E-state index in [1.165, 1.54) is 5.56 Å². The molecule has 0 bridgehead atoms. The molecule has 2 aromatic heterocycles. The lowest BCUT2D eigenvalue weighted by atomic mass is 10.1. The highest BCUT2D eigenvalue weighted by atomic mass is 16.5. The Hall–Kier alpha value is -4.15. The van der Waals surface area contributed by atoms with E-state index in [2.05, 4.69) is 31.9 Å². The van der Waals surface area contributed by atoms with Crippen LogP contribution in [0.1, 0.15) is 11.1 Å². The fourth-order valence-corrected chi connectivity index (χ4v) is 3.40. The number of aromatic nitrogens is 3. The van der Waals surface area contributed by atoms with Gasteiger partial charge in [0.25, 0.3) is 0 Å². The van der Waals surface area contributed by atoms with E-state index in [4.69, 9.17) is 10.00 Å². The van der Waals surface area contributed by atoms with Gasteiger partial charge in [0.05, 0.1) is 30.1 Å². The van der Waals surface area contributed by atoms with E-state index >= 15 is 0 Å². The summed E-state index contributed by atoms with van der Waals surface area (Å²) in [6.07, 6.45) is 6.35. The van der Waals surface area contributed by atoms with Gasteiger partial charge in [0.15, 0.2) is 0 Å². The number of pyridine rings is 1. The van der Waals surface area contributed by atoms with Gasteiger partial charge in [-0.15, -0.1) is 0 Å². The van der Waals surface area contributed by atoms with Gasteiger partial charge < -0.3 is 15.4 Å². The van der Waals surface area contributed by atoms with Gasteiger partial charge in [-0.3, -0.25) is 5.10 Å². The molecule has 1 aliphatic rings. The van der Waals surface area contributed by atoms with Gasteiger partial charge in [-0.05, 0) is 36.7 Å². The number of nitriles is 1. The molecule has 0 amide bonds. The largest absolute Gasteiger partial charge is 0.470 e. The first-order valence-electron chi connectivity index (χ1n) is 10.9. The second kappa shape index (κ2) is 11.5. The monoisotopic (exact) mass is 438 g/mol. The molecule has 7 heteroatoms. The average molecular weight is 439 g/mol. The van der Waals surface area contributed by atoms with Crippen LogP contribution in [0.15, 0.2) is 85.3 Å². The molecule has 0 radical (unpaired) electrons. The molecule has 0 fully saturated rings. The summed E-state index contributed by atoms with van der Waals surface area (Å²) in [6, 6.07) is 23.9. The Labute approximate surface area is 193 Å². The van der Waals surface area contributed by atoms with Crippen molar-refractivity contribution in [1.82, 2.24) is 20.5 Å². The molecule has 1 atom stereocenters. The molecule has 7 nitrogen and oxygen atoms in total. The minimum atomic E-state index is 0.0331. The fourth-order valence-electron chi connectivity index (χ4n) is 3.40. The number of hydrogen-bond donors (Lipinski definition) is 3. The summed E-state index contributed by atoms with van der Waals surface area (Å²) in [5, 5.41) is 22.4. The van der Waals surface area contributed by atoms with Gasteiger partial charge in [-0.1, -0.05) is 48.5 Å². The first kappa shape index (κ1) is 22.1. The summed E-state index contributed by atoms with van der Waals surface area (Å²) < 4.78 is 5.99. The van der Waals surface area contributed by atoms with Gasteiger partial charge in [0.1, 0.15) is 6.10 Å². The Bertz CT molecular complexity index is 1130. The lowest BCUT2D eigenvalue weighted by Gasteiger charge is -2.27. The smallest absolute Gasteiger partial charge is 0.237 e. The molecule has 4 aromatic rings. The van der Waals surface area contributed by atoms with Gasteiger partial charge in [0.2, 0.25) is 5.88 Å². The number of nitrogens with zero attached hydrogens (tertiary/aromatic N) is 3. The zero-order chi connectivity index (χ0) is 22.7. The summed E-state index contributed by atoms with van der Waals surface area (Å²) in [6.45, 7) is 2.33. The molecular formula is C26H26N6O. The highest BCUT2D eigenvalue weighted by Gasteiger charge is 2.20. The Morgan fingerprint density at radius 3 is 2.45 bits per heavy atom. The highest BCUT2D eigenvalue weighted by Crippen LogP contribution is 2.30. The molecule has 2 aromatic carbocycles. The van der Waals surface area contributed by atoms with Crippen LogP contribution in [0.5, 0.6) is 5.88 Å². The van der Waals surface area contributed by atoms with Crippen molar-refractivity contribution in [1.29, 1.82) is 5.26 Å². The van der Waals surface area contributed by atoms with Crippen molar-refractivity contribution in [3.63, 3.8) is 0 Å². The van der Waals surface area contributed by atoms with Crippen molar-refractivity contribution in [2.75, 3.05) is 25.0 Å². The average Bonchev–Trinajstić information content (AvgIpc) is 3.43. The number of rotatable bonds is 6. The number of nitrogens with one attached hydrogen (secondary N) is 3. The van der Waals surface area contributed by atoms with E-state index in [1.807, 2.05) is 72.9 Å². The molecule has 0 spiro atoms. The van der Waals surface area contributed by atoms with Crippen LogP contribution in [0.2, 0.25) is 0 Å². The van der Waals surface area contributed by atoms with E-state index in [0.717, 1.165) is 42.9 Å². The van der Waals surface area contributed by atoms with Crippen molar-refractivity contribution < 1.29 is 4.74 Å². The van der Waals surface area contributed by atoms with Crippen LogP contribution in [0.3, 0.4) is 0 Å². The van der Waals surface area contributed by atoms with Crippen molar-refractivity contribution in [3.05, 3.63) is 96.4 Å². The van der Waals surface area contributed by atoms with Crippen LogP contribution in [0, 0.1) is 11.3 Å². The normalized spacial score (nSPS) is 14.0. The fraction of sp³-hybridized carbons (Fsp3) is 0.192.